The zero-order valence-corrected chi connectivity index (χ0v) is 17.5. The molecule has 0 heterocycles. The fourth-order valence-corrected chi connectivity index (χ4v) is 6.89. The van der Waals surface area contributed by atoms with E-state index in [1.807, 2.05) is 6.07 Å². The van der Waals surface area contributed by atoms with Crippen molar-refractivity contribution < 1.29 is 19.8 Å². The normalized spacial score (nSPS) is 33.3. The van der Waals surface area contributed by atoms with Crippen molar-refractivity contribution in [2.24, 2.45) is 23.5 Å². The number of hydrogen-bond acceptors (Lipinski definition) is 4. The number of ketones is 1. The van der Waals surface area contributed by atoms with E-state index in [1.54, 1.807) is 6.07 Å². The van der Waals surface area contributed by atoms with Crippen LogP contribution in [0.5, 0.6) is 5.75 Å². The largest absolute Gasteiger partial charge is 0.507 e. The van der Waals surface area contributed by atoms with E-state index in [4.69, 9.17) is 5.73 Å². The maximum atomic E-state index is 12.6. The van der Waals surface area contributed by atoms with E-state index < -0.39 is 16.9 Å². The van der Waals surface area contributed by atoms with Crippen LogP contribution in [0.25, 0.3) is 0 Å². The highest BCUT2D eigenvalue weighted by atomic mass is 16.3. The summed E-state index contributed by atoms with van der Waals surface area (Å²) in [6, 6.07) is 3.47. The van der Waals surface area contributed by atoms with E-state index in [0.717, 1.165) is 31.2 Å². The van der Waals surface area contributed by atoms with E-state index in [0.29, 0.717) is 43.1 Å². The van der Waals surface area contributed by atoms with Crippen molar-refractivity contribution in [3.8, 4) is 5.75 Å². The molecule has 2 bridgehead atoms. The molecular weight excluding hydrogens is 366 g/mol. The molecule has 0 aliphatic heterocycles. The quantitative estimate of drug-likeness (QED) is 0.704. The van der Waals surface area contributed by atoms with Crippen LogP contribution in [0.3, 0.4) is 0 Å². The molecule has 29 heavy (non-hydrogen) atoms. The molecule has 0 aromatic heterocycles. The van der Waals surface area contributed by atoms with Crippen LogP contribution in [-0.2, 0) is 16.6 Å². The summed E-state index contributed by atoms with van der Waals surface area (Å²) in [6.07, 6.45) is 6.73. The first-order chi connectivity index (χ1) is 13.8. The third-order valence-electron chi connectivity index (χ3n) is 8.48. The Morgan fingerprint density at radius 3 is 2.66 bits per heavy atom. The number of primary amides is 1. The van der Waals surface area contributed by atoms with Gasteiger partial charge in [0.05, 0.1) is 11.2 Å². The minimum atomic E-state index is -1.02. The number of fused-ring (bicyclic) bond motifs is 1. The van der Waals surface area contributed by atoms with Gasteiger partial charge in [-0.15, -0.1) is 0 Å². The molecule has 1 aromatic rings. The molecule has 5 nitrogen and oxygen atoms in total. The SMILES string of the molecule is CCC(CC)CC1CC[C@]23CC(=O)CC[C@@]2(O)[C@H]1Cc1ccc(C(N)=O)c(O)c13. The van der Waals surface area contributed by atoms with Crippen LogP contribution in [0.1, 0.15) is 86.7 Å². The van der Waals surface area contributed by atoms with Gasteiger partial charge in [-0.3, -0.25) is 9.59 Å². The first-order valence-corrected chi connectivity index (χ1v) is 11.2. The molecule has 3 aliphatic rings. The first-order valence-electron chi connectivity index (χ1n) is 11.2. The predicted octanol–water partition coefficient (Wildman–Crippen LogP) is 3.62. The highest BCUT2D eigenvalue weighted by molar-refractivity contribution is 5.96. The molecule has 0 saturated heterocycles. The van der Waals surface area contributed by atoms with Gasteiger partial charge in [-0.05, 0) is 61.5 Å². The van der Waals surface area contributed by atoms with Gasteiger partial charge >= 0.3 is 0 Å². The van der Waals surface area contributed by atoms with Gasteiger partial charge in [0.2, 0.25) is 0 Å². The molecule has 2 saturated carbocycles. The summed E-state index contributed by atoms with van der Waals surface area (Å²) in [5, 5.41) is 23.1. The lowest BCUT2D eigenvalue weighted by Crippen LogP contribution is -2.67. The molecule has 2 fully saturated rings. The van der Waals surface area contributed by atoms with E-state index >= 15 is 0 Å². The number of carbonyl (C=O) groups excluding carboxylic acids is 2. The second-order valence-electron chi connectivity index (χ2n) is 9.61. The molecule has 1 aromatic carbocycles. The zero-order valence-electron chi connectivity index (χ0n) is 17.5. The van der Waals surface area contributed by atoms with Crippen molar-refractivity contribution in [1.29, 1.82) is 0 Å². The second kappa shape index (κ2) is 7.12. The Balaban J connectivity index is 1.86. The third kappa shape index (κ3) is 2.84. The minimum Gasteiger partial charge on any atom is -0.507 e. The van der Waals surface area contributed by atoms with Crippen molar-refractivity contribution in [3.63, 3.8) is 0 Å². The van der Waals surface area contributed by atoms with Crippen LogP contribution >= 0.6 is 0 Å². The lowest BCUT2D eigenvalue weighted by atomic mass is 9.43. The van der Waals surface area contributed by atoms with Gasteiger partial charge in [-0.2, -0.15) is 0 Å². The fraction of sp³-hybridized carbons (Fsp3) is 0.667. The Kier molecular flexibility index (Phi) is 5.01. The molecular formula is C24H33NO4. The Labute approximate surface area is 172 Å². The number of amides is 1. The first kappa shape index (κ1) is 20.4. The predicted molar refractivity (Wildman–Crippen MR) is 111 cm³/mol. The summed E-state index contributed by atoms with van der Waals surface area (Å²) in [5.74, 6) is 0.461. The molecule has 4 rings (SSSR count). The van der Waals surface area contributed by atoms with Crippen molar-refractivity contribution >= 4 is 11.7 Å². The Morgan fingerprint density at radius 2 is 2.00 bits per heavy atom. The molecule has 3 aliphatic carbocycles. The third-order valence-corrected chi connectivity index (χ3v) is 8.48. The van der Waals surface area contributed by atoms with Crippen LogP contribution < -0.4 is 5.73 Å². The molecule has 0 radical (unpaired) electrons. The van der Waals surface area contributed by atoms with Gasteiger partial charge in [0.25, 0.3) is 5.91 Å². The monoisotopic (exact) mass is 399 g/mol. The van der Waals surface area contributed by atoms with Crippen LogP contribution in [-0.4, -0.2) is 27.5 Å². The van der Waals surface area contributed by atoms with Crippen molar-refractivity contribution in [2.75, 3.05) is 0 Å². The minimum absolute atomic E-state index is 0.0797. The Hall–Kier alpha value is -1.88. The summed E-state index contributed by atoms with van der Waals surface area (Å²) in [6.45, 7) is 4.46. The highest BCUT2D eigenvalue weighted by Gasteiger charge is 2.65. The molecule has 4 atom stereocenters. The molecule has 1 amide bonds. The molecule has 1 unspecified atom stereocenters. The van der Waals surface area contributed by atoms with Crippen LogP contribution in [0.4, 0.5) is 0 Å². The molecule has 0 spiro atoms. The average Bonchev–Trinajstić information content (AvgIpc) is 2.67. The van der Waals surface area contributed by atoms with Crippen LogP contribution in [0.15, 0.2) is 12.1 Å². The van der Waals surface area contributed by atoms with Gasteiger partial charge in [0, 0.05) is 23.8 Å². The Bertz CT molecular complexity index is 846. The fourth-order valence-electron chi connectivity index (χ4n) is 6.89. The van der Waals surface area contributed by atoms with Crippen LogP contribution in [0.2, 0.25) is 0 Å². The smallest absolute Gasteiger partial charge is 0.252 e. The summed E-state index contributed by atoms with van der Waals surface area (Å²) >= 11 is 0. The van der Waals surface area contributed by atoms with Gasteiger partial charge < -0.3 is 15.9 Å². The number of hydrogen-bond donors (Lipinski definition) is 3. The number of nitrogens with two attached hydrogens (primary N) is 1. The molecule has 4 N–H and O–H groups in total. The van der Waals surface area contributed by atoms with Crippen molar-refractivity contribution in [2.45, 2.75) is 82.7 Å². The lowest BCUT2D eigenvalue weighted by molar-refractivity contribution is -0.174. The summed E-state index contributed by atoms with van der Waals surface area (Å²) in [5.41, 5.74) is 5.32. The van der Waals surface area contributed by atoms with Gasteiger partial charge in [-0.25, -0.2) is 0 Å². The number of aromatic hydroxyl groups is 1. The van der Waals surface area contributed by atoms with Gasteiger partial charge in [0.15, 0.2) is 0 Å². The van der Waals surface area contributed by atoms with Crippen molar-refractivity contribution in [3.05, 3.63) is 28.8 Å². The maximum Gasteiger partial charge on any atom is 0.252 e. The zero-order chi connectivity index (χ0) is 21.0. The number of aliphatic hydroxyl groups is 1. The number of Topliss-reactive ketones (excluding diaryl/α,β-unsaturated/α-hetero) is 1. The van der Waals surface area contributed by atoms with Crippen molar-refractivity contribution in [1.82, 2.24) is 0 Å². The maximum absolute atomic E-state index is 12.6. The molecule has 5 heteroatoms. The number of phenols is 1. The number of rotatable bonds is 5. The number of carbonyl (C=O) groups is 2. The highest BCUT2D eigenvalue weighted by Crippen LogP contribution is 2.64. The number of benzene rings is 1. The van der Waals surface area contributed by atoms with E-state index in [1.165, 1.54) is 0 Å². The summed E-state index contributed by atoms with van der Waals surface area (Å²) in [4.78, 5) is 24.4. The van der Waals surface area contributed by atoms with E-state index in [9.17, 15) is 19.8 Å². The van der Waals surface area contributed by atoms with Gasteiger partial charge in [-0.1, -0.05) is 32.8 Å². The van der Waals surface area contributed by atoms with E-state index in [-0.39, 0.29) is 29.4 Å². The second-order valence-corrected chi connectivity index (χ2v) is 9.61. The average molecular weight is 400 g/mol. The van der Waals surface area contributed by atoms with Crippen LogP contribution in [0, 0.1) is 17.8 Å². The topological polar surface area (TPSA) is 101 Å². The van der Waals surface area contributed by atoms with Gasteiger partial charge in [0.1, 0.15) is 11.5 Å². The summed E-state index contributed by atoms with van der Waals surface area (Å²) < 4.78 is 0. The standard InChI is InChI=1S/C24H33NO4/c1-3-14(4-2)11-15-7-9-23-13-17(26)8-10-24(23,29)19(15)12-16-5-6-18(22(25)28)21(27)20(16)23/h5-6,14-15,19,27,29H,3-4,7-13H2,1-2H3,(H2,25,28)/t15?,19-,23+,24+/m0/s1. The summed E-state index contributed by atoms with van der Waals surface area (Å²) in [7, 11) is 0. The Morgan fingerprint density at radius 1 is 1.28 bits per heavy atom. The van der Waals surface area contributed by atoms with E-state index in [2.05, 4.69) is 13.8 Å². The molecule has 158 valence electrons. The lowest BCUT2D eigenvalue weighted by Gasteiger charge is -2.63.